The first-order valence-electron chi connectivity index (χ1n) is 5.90. The van der Waals surface area contributed by atoms with Gasteiger partial charge in [-0.15, -0.1) is 0 Å². The molecule has 0 bridgehead atoms. The van der Waals surface area contributed by atoms with Crippen molar-refractivity contribution in [1.29, 1.82) is 0 Å². The Kier molecular flexibility index (Phi) is 3.55. The molecule has 1 aromatic carbocycles. The van der Waals surface area contributed by atoms with Crippen LogP contribution >= 0.6 is 0 Å². The summed E-state index contributed by atoms with van der Waals surface area (Å²) in [6, 6.07) is 14.3. The number of hydrogen-bond donors (Lipinski definition) is 1. The Hall–Kier alpha value is -1.67. The quantitative estimate of drug-likeness (QED) is 0.874. The second kappa shape index (κ2) is 5.11. The van der Waals surface area contributed by atoms with E-state index in [0.717, 1.165) is 17.8 Å². The average molecular weight is 226 g/mol. The Balaban J connectivity index is 2.17. The Morgan fingerprint density at radius 3 is 2.53 bits per heavy atom. The van der Waals surface area contributed by atoms with Crippen molar-refractivity contribution in [2.45, 2.75) is 26.3 Å². The fourth-order valence-electron chi connectivity index (χ4n) is 1.95. The molecule has 0 saturated heterocycles. The van der Waals surface area contributed by atoms with Crippen molar-refractivity contribution in [2.75, 3.05) is 0 Å². The van der Waals surface area contributed by atoms with Gasteiger partial charge in [-0.2, -0.15) is 0 Å². The molecule has 0 aliphatic carbocycles. The molecule has 0 radical (unpaired) electrons. The lowest BCUT2D eigenvalue weighted by atomic mass is 9.99. The third kappa shape index (κ3) is 2.92. The Bertz CT molecular complexity index is 506. The van der Waals surface area contributed by atoms with E-state index in [9.17, 15) is 0 Å². The van der Waals surface area contributed by atoms with Gasteiger partial charge in [0.1, 0.15) is 0 Å². The highest BCUT2D eigenvalue weighted by atomic mass is 14.8. The van der Waals surface area contributed by atoms with E-state index in [0.29, 0.717) is 0 Å². The number of benzene rings is 1. The van der Waals surface area contributed by atoms with E-state index in [1.165, 1.54) is 11.1 Å². The minimum atomic E-state index is -0.0315. The smallest absolute Gasteiger partial charge is 0.0577 e. The van der Waals surface area contributed by atoms with Gasteiger partial charge in [-0.05, 0) is 43.5 Å². The molecular formula is C15H18N2. The predicted molar refractivity (Wildman–Crippen MR) is 70.8 cm³/mol. The molecule has 1 heterocycles. The standard InChI is InChI=1S/C15H18N2/c1-11-6-3-4-8-13(11)10-14(16)15-9-5-7-12(2)17-15/h3-9,14H,10,16H2,1-2H3. The zero-order chi connectivity index (χ0) is 12.3. The van der Waals surface area contributed by atoms with Crippen LogP contribution in [0, 0.1) is 13.8 Å². The molecule has 2 nitrogen and oxygen atoms in total. The normalized spacial score (nSPS) is 12.4. The van der Waals surface area contributed by atoms with Crippen LogP contribution in [0.1, 0.15) is 28.6 Å². The Labute approximate surface area is 103 Å². The monoisotopic (exact) mass is 226 g/mol. The number of aryl methyl sites for hydroxylation is 2. The first-order valence-corrected chi connectivity index (χ1v) is 5.90. The maximum absolute atomic E-state index is 6.20. The lowest BCUT2D eigenvalue weighted by Crippen LogP contribution is -2.15. The highest BCUT2D eigenvalue weighted by molar-refractivity contribution is 5.27. The molecule has 0 aliphatic rings. The summed E-state index contributed by atoms with van der Waals surface area (Å²) in [6.45, 7) is 4.11. The van der Waals surface area contributed by atoms with Crippen molar-refractivity contribution in [3.8, 4) is 0 Å². The number of hydrogen-bond acceptors (Lipinski definition) is 2. The molecule has 0 fully saturated rings. The van der Waals surface area contributed by atoms with Crippen molar-refractivity contribution in [1.82, 2.24) is 4.98 Å². The molecule has 1 aromatic heterocycles. The van der Waals surface area contributed by atoms with E-state index >= 15 is 0 Å². The summed E-state index contributed by atoms with van der Waals surface area (Å²) in [5.41, 5.74) is 10.8. The first-order chi connectivity index (χ1) is 8.16. The average Bonchev–Trinajstić information content (AvgIpc) is 2.32. The van der Waals surface area contributed by atoms with E-state index in [1.807, 2.05) is 25.1 Å². The molecule has 2 aromatic rings. The highest BCUT2D eigenvalue weighted by Gasteiger charge is 2.09. The number of pyridine rings is 1. The minimum Gasteiger partial charge on any atom is -0.322 e. The van der Waals surface area contributed by atoms with Crippen LogP contribution in [0.4, 0.5) is 0 Å². The fraction of sp³-hybridized carbons (Fsp3) is 0.267. The molecule has 0 spiro atoms. The fourth-order valence-corrected chi connectivity index (χ4v) is 1.95. The van der Waals surface area contributed by atoms with Gasteiger partial charge in [0.25, 0.3) is 0 Å². The molecule has 17 heavy (non-hydrogen) atoms. The van der Waals surface area contributed by atoms with Crippen LogP contribution in [-0.4, -0.2) is 4.98 Å². The predicted octanol–water partition coefficient (Wildman–Crippen LogP) is 2.94. The van der Waals surface area contributed by atoms with Crippen LogP contribution in [-0.2, 0) is 6.42 Å². The highest BCUT2D eigenvalue weighted by Crippen LogP contribution is 2.17. The van der Waals surface area contributed by atoms with Gasteiger partial charge in [0.2, 0.25) is 0 Å². The Morgan fingerprint density at radius 2 is 1.82 bits per heavy atom. The molecule has 2 rings (SSSR count). The van der Waals surface area contributed by atoms with Gasteiger partial charge in [0.05, 0.1) is 11.7 Å². The largest absolute Gasteiger partial charge is 0.322 e. The van der Waals surface area contributed by atoms with Crippen LogP contribution in [0.3, 0.4) is 0 Å². The van der Waals surface area contributed by atoms with Gasteiger partial charge in [0, 0.05) is 5.69 Å². The van der Waals surface area contributed by atoms with Crippen LogP contribution < -0.4 is 5.73 Å². The lowest BCUT2D eigenvalue weighted by Gasteiger charge is -2.13. The van der Waals surface area contributed by atoms with E-state index in [2.05, 4.69) is 36.2 Å². The molecule has 2 heteroatoms. The zero-order valence-electron chi connectivity index (χ0n) is 10.4. The molecular weight excluding hydrogens is 208 g/mol. The number of rotatable bonds is 3. The van der Waals surface area contributed by atoms with Gasteiger partial charge in [0.15, 0.2) is 0 Å². The van der Waals surface area contributed by atoms with Crippen molar-refractivity contribution in [3.63, 3.8) is 0 Å². The summed E-state index contributed by atoms with van der Waals surface area (Å²) in [5, 5.41) is 0. The van der Waals surface area contributed by atoms with Crippen molar-refractivity contribution in [3.05, 3.63) is 65.0 Å². The van der Waals surface area contributed by atoms with Crippen LogP contribution in [0.25, 0.3) is 0 Å². The zero-order valence-corrected chi connectivity index (χ0v) is 10.4. The second-order valence-corrected chi connectivity index (χ2v) is 4.44. The van der Waals surface area contributed by atoms with Crippen molar-refractivity contribution in [2.24, 2.45) is 5.73 Å². The third-order valence-electron chi connectivity index (χ3n) is 2.99. The lowest BCUT2D eigenvalue weighted by molar-refractivity contribution is 0.691. The summed E-state index contributed by atoms with van der Waals surface area (Å²) in [7, 11) is 0. The van der Waals surface area contributed by atoms with E-state index in [-0.39, 0.29) is 6.04 Å². The van der Waals surface area contributed by atoms with E-state index < -0.39 is 0 Å². The van der Waals surface area contributed by atoms with Gasteiger partial charge in [-0.3, -0.25) is 4.98 Å². The first kappa shape index (κ1) is 11.8. The van der Waals surface area contributed by atoms with Gasteiger partial charge in [-0.1, -0.05) is 30.3 Å². The number of nitrogens with zero attached hydrogens (tertiary/aromatic N) is 1. The molecule has 1 unspecified atom stereocenters. The van der Waals surface area contributed by atoms with Crippen LogP contribution in [0.2, 0.25) is 0 Å². The van der Waals surface area contributed by atoms with Crippen molar-refractivity contribution < 1.29 is 0 Å². The minimum absolute atomic E-state index is 0.0315. The summed E-state index contributed by atoms with van der Waals surface area (Å²) < 4.78 is 0. The molecule has 88 valence electrons. The SMILES string of the molecule is Cc1cccc(C(N)Cc2ccccc2C)n1. The second-order valence-electron chi connectivity index (χ2n) is 4.44. The Morgan fingerprint density at radius 1 is 1.06 bits per heavy atom. The van der Waals surface area contributed by atoms with E-state index in [1.54, 1.807) is 0 Å². The maximum atomic E-state index is 6.20. The molecule has 1 atom stereocenters. The van der Waals surface area contributed by atoms with Crippen molar-refractivity contribution >= 4 is 0 Å². The summed E-state index contributed by atoms with van der Waals surface area (Å²) in [6.07, 6.45) is 0.836. The van der Waals surface area contributed by atoms with E-state index in [4.69, 9.17) is 5.73 Å². The van der Waals surface area contributed by atoms with Gasteiger partial charge in [-0.25, -0.2) is 0 Å². The number of aromatic nitrogens is 1. The number of nitrogens with two attached hydrogens (primary N) is 1. The van der Waals surface area contributed by atoms with Gasteiger partial charge >= 0.3 is 0 Å². The molecule has 0 saturated carbocycles. The molecule has 0 amide bonds. The molecule has 2 N–H and O–H groups in total. The summed E-state index contributed by atoms with van der Waals surface area (Å²) in [4.78, 5) is 4.47. The summed E-state index contributed by atoms with van der Waals surface area (Å²) in [5.74, 6) is 0. The maximum Gasteiger partial charge on any atom is 0.0577 e. The topological polar surface area (TPSA) is 38.9 Å². The third-order valence-corrected chi connectivity index (χ3v) is 2.99. The summed E-state index contributed by atoms with van der Waals surface area (Å²) >= 11 is 0. The molecule has 0 aliphatic heterocycles. The van der Waals surface area contributed by atoms with Crippen LogP contribution in [0.15, 0.2) is 42.5 Å². The van der Waals surface area contributed by atoms with Crippen LogP contribution in [0.5, 0.6) is 0 Å². The van der Waals surface area contributed by atoms with Gasteiger partial charge < -0.3 is 5.73 Å².